The van der Waals surface area contributed by atoms with Crippen LogP contribution in [0.2, 0.25) is 10.0 Å². The van der Waals surface area contributed by atoms with Crippen molar-refractivity contribution < 1.29 is 5.11 Å². The van der Waals surface area contributed by atoms with E-state index < -0.39 is 0 Å². The Labute approximate surface area is 123 Å². The molecule has 0 fully saturated rings. The summed E-state index contributed by atoms with van der Waals surface area (Å²) in [6.45, 7) is 5.04. The molecule has 5 heteroatoms. The number of benzene rings is 1. The normalized spacial score (nSPS) is 14.5. The van der Waals surface area contributed by atoms with Crippen LogP contribution in [-0.4, -0.2) is 29.5 Å². The lowest BCUT2D eigenvalue weighted by molar-refractivity contribution is 0.173. The van der Waals surface area contributed by atoms with Gasteiger partial charge in [0.15, 0.2) is 0 Å². The summed E-state index contributed by atoms with van der Waals surface area (Å²) in [5.41, 5.74) is -0.229. The van der Waals surface area contributed by atoms with Gasteiger partial charge in [-0.2, -0.15) is 0 Å². The predicted molar refractivity (Wildman–Crippen MR) is 81.0 cm³/mol. The summed E-state index contributed by atoms with van der Waals surface area (Å²) < 4.78 is 0. The fourth-order valence-corrected chi connectivity index (χ4v) is 3.33. The molecule has 102 valence electrons. The topological polar surface area (TPSA) is 32.3 Å². The predicted octanol–water partition coefficient (Wildman–Crippen LogP) is 3.84. The molecule has 0 amide bonds. The lowest BCUT2D eigenvalue weighted by Crippen LogP contribution is -2.46. The van der Waals surface area contributed by atoms with Gasteiger partial charge in [0.2, 0.25) is 0 Å². The van der Waals surface area contributed by atoms with Crippen molar-refractivity contribution in [3.8, 4) is 0 Å². The number of thioether (sulfide) groups is 1. The number of hydrogen-bond acceptors (Lipinski definition) is 3. The van der Waals surface area contributed by atoms with Crippen molar-refractivity contribution in [2.24, 2.45) is 0 Å². The lowest BCUT2D eigenvalue weighted by Gasteiger charge is -2.28. The molecule has 0 aliphatic rings. The van der Waals surface area contributed by atoms with E-state index >= 15 is 0 Å². The number of aliphatic hydroxyl groups excluding tert-OH is 1. The average Bonchev–Trinajstić information content (AvgIpc) is 2.34. The highest BCUT2D eigenvalue weighted by molar-refractivity contribution is 7.99. The zero-order valence-corrected chi connectivity index (χ0v) is 13.0. The maximum Gasteiger partial charge on any atom is 0.0610 e. The highest BCUT2D eigenvalue weighted by atomic mass is 35.5. The van der Waals surface area contributed by atoms with Gasteiger partial charge in [0.05, 0.1) is 11.6 Å². The minimum absolute atomic E-state index is 0.130. The molecule has 2 N–H and O–H groups in total. The van der Waals surface area contributed by atoms with E-state index in [0.717, 1.165) is 28.6 Å². The fraction of sp³-hybridized carbons (Fsp3) is 0.538. The van der Waals surface area contributed by atoms with Crippen LogP contribution in [0, 0.1) is 0 Å². The second-order valence-corrected chi connectivity index (χ2v) is 6.40. The first kappa shape index (κ1) is 16.1. The van der Waals surface area contributed by atoms with Crippen LogP contribution < -0.4 is 5.32 Å². The molecule has 0 bridgehead atoms. The quantitative estimate of drug-likeness (QED) is 0.751. The first-order chi connectivity index (χ1) is 8.50. The number of rotatable bonds is 7. The number of likely N-dealkylation sites (N-methyl/N-ethyl adjacent to an activating group) is 1. The Balaban J connectivity index is 2.52. The van der Waals surface area contributed by atoms with E-state index in [2.05, 4.69) is 5.32 Å². The molecule has 0 aliphatic heterocycles. The van der Waals surface area contributed by atoms with Gasteiger partial charge in [-0.25, -0.2) is 0 Å². The number of halogens is 2. The summed E-state index contributed by atoms with van der Waals surface area (Å²) in [6, 6.07) is 5.46. The summed E-state index contributed by atoms with van der Waals surface area (Å²) in [6.07, 6.45) is 0.866. The van der Waals surface area contributed by atoms with Crippen molar-refractivity contribution in [1.82, 2.24) is 5.32 Å². The third-order valence-corrected chi connectivity index (χ3v) is 4.49. The van der Waals surface area contributed by atoms with Gasteiger partial charge in [0, 0.05) is 15.5 Å². The molecule has 0 heterocycles. The summed E-state index contributed by atoms with van der Waals surface area (Å²) in [5, 5.41) is 14.1. The Morgan fingerprint density at radius 2 is 2.11 bits per heavy atom. The Kier molecular flexibility index (Phi) is 6.82. The molecule has 1 atom stereocenters. The maximum atomic E-state index is 9.39. The van der Waals surface area contributed by atoms with Crippen LogP contribution in [0.4, 0.5) is 0 Å². The van der Waals surface area contributed by atoms with Crippen molar-refractivity contribution in [2.45, 2.75) is 30.7 Å². The molecule has 1 aromatic carbocycles. The Bertz CT molecular complexity index is 389. The van der Waals surface area contributed by atoms with Crippen LogP contribution in [0.3, 0.4) is 0 Å². The molecular formula is C13H19Cl2NOS. The molecule has 1 unspecified atom stereocenters. The second-order valence-electron chi connectivity index (χ2n) is 4.42. The highest BCUT2D eigenvalue weighted by Gasteiger charge is 2.21. The molecule has 18 heavy (non-hydrogen) atoms. The first-order valence-corrected chi connectivity index (χ1v) is 7.68. The maximum absolute atomic E-state index is 9.39. The van der Waals surface area contributed by atoms with Gasteiger partial charge in [-0.15, -0.1) is 11.8 Å². The van der Waals surface area contributed by atoms with Gasteiger partial charge < -0.3 is 10.4 Å². The molecule has 0 saturated carbocycles. The van der Waals surface area contributed by atoms with E-state index in [1.165, 1.54) is 0 Å². The van der Waals surface area contributed by atoms with Crippen molar-refractivity contribution in [3.63, 3.8) is 0 Å². The standard InChI is InChI=1S/C13H19Cl2NOS/c1-3-16-13(2,9-17)6-7-18-12-8-10(14)4-5-11(12)15/h4-5,8,16-17H,3,6-7,9H2,1-2H3. The van der Waals surface area contributed by atoms with Crippen molar-refractivity contribution >= 4 is 35.0 Å². The minimum Gasteiger partial charge on any atom is -0.394 e. The van der Waals surface area contributed by atoms with Gasteiger partial charge >= 0.3 is 0 Å². The zero-order chi connectivity index (χ0) is 13.6. The van der Waals surface area contributed by atoms with Gasteiger partial charge in [0.25, 0.3) is 0 Å². The van der Waals surface area contributed by atoms with E-state index in [-0.39, 0.29) is 12.1 Å². The van der Waals surface area contributed by atoms with E-state index in [0.29, 0.717) is 5.02 Å². The first-order valence-electron chi connectivity index (χ1n) is 5.94. The van der Waals surface area contributed by atoms with E-state index in [1.807, 2.05) is 26.0 Å². The monoisotopic (exact) mass is 307 g/mol. The molecule has 2 nitrogen and oxygen atoms in total. The summed E-state index contributed by atoms with van der Waals surface area (Å²) in [7, 11) is 0. The second kappa shape index (κ2) is 7.61. The molecule has 0 radical (unpaired) electrons. The van der Waals surface area contributed by atoms with E-state index in [1.54, 1.807) is 17.8 Å². The summed E-state index contributed by atoms with van der Waals surface area (Å²) in [5.74, 6) is 0.879. The van der Waals surface area contributed by atoms with E-state index in [4.69, 9.17) is 23.2 Å². The van der Waals surface area contributed by atoms with Gasteiger partial charge in [-0.05, 0) is 43.8 Å². The SMILES string of the molecule is CCNC(C)(CO)CCSc1cc(Cl)ccc1Cl. The average molecular weight is 308 g/mol. The zero-order valence-electron chi connectivity index (χ0n) is 10.7. The van der Waals surface area contributed by atoms with Gasteiger partial charge in [0.1, 0.15) is 0 Å². The smallest absolute Gasteiger partial charge is 0.0610 e. The molecule has 0 spiro atoms. The summed E-state index contributed by atoms with van der Waals surface area (Å²) in [4.78, 5) is 0.987. The number of aliphatic hydroxyl groups is 1. The summed E-state index contributed by atoms with van der Waals surface area (Å²) >= 11 is 13.7. The largest absolute Gasteiger partial charge is 0.394 e. The third kappa shape index (κ3) is 4.98. The fourth-order valence-electron chi connectivity index (χ4n) is 1.62. The molecule has 1 aromatic rings. The van der Waals surface area contributed by atoms with Crippen molar-refractivity contribution in [2.75, 3.05) is 18.9 Å². The van der Waals surface area contributed by atoms with E-state index in [9.17, 15) is 5.11 Å². The van der Waals surface area contributed by atoms with Crippen LogP contribution in [0.25, 0.3) is 0 Å². The third-order valence-electron chi connectivity index (χ3n) is 2.76. The molecule has 0 aliphatic carbocycles. The van der Waals surface area contributed by atoms with Gasteiger partial charge in [-0.3, -0.25) is 0 Å². The van der Waals surface area contributed by atoms with Gasteiger partial charge in [-0.1, -0.05) is 30.1 Å². The van der Waals surface area contributed by atoms with Crippen LogP contribution >= 0.6 is 35.0 Å². The van der Waals surface area contributed by atoms with Crippen LogP contribution in [0.1, 0.15) is 20.3 Å². The Morgan fingerprint density at radius 3 is 2.72 bits per heavy atom. The lowest BCUT2D eigenvalue weighted by atomic mass is 10.0. The Morgan fingerprint density at radius 1 is 1.39 bits per heavy atom. The Hall–Kier alpha value is 0.0700. The van der Waals surface area contributed by atoms with Crippen LogP contribution in [0.15, 0.2) is 23.1 Å². The minimum atomic E-state index is -0.229. The molecular weight excluding hydrogens is 289 g/mol. The van der Waals surface area contributed by atoms with Crippen LogP contribution in [-0.2, 0) is 0 Å². The number of hydrogen-bond donors (Lipinski definition) is 2. The van der Waals surface area contributed by atoms with Crippen LogP contribution in [0.5, 0.6) is 0 Å². The molecule has 0 saturated heterocycles. The number of nitrogens with one attached hydrogen (secondary N) is 1. The molecule has 0 aromatic heterocycles. The molecule has 1 rings (SSSR count). The highest BCUT2D eigenvalue weighted by Crippen LogP contribution is 2.31. The van der Waals surface area contributed by atoms with Crippen molar-refractivity contribution in [3.05, 3.63) is 28.2 Å². The van der Waals surface area contributed by atoms with Crippen molar-refractivity contribution in [1.29, 1.82) is 0 Å².